The number of fused-ring (bicyclic) bond motifs is 2. The zero-order chi connectivity index (χ0) is 31.8. The van der Waals surface area contributed by atoms with Crippen LogP contribution in [0.4, 0.5) is 20.7 Å². The van der Waals surface area contributed by atoms with E-state index in [1.165, 1.54) is 26.0 Å². The first-order valence-electron chi connectivity index (χ1n) is 15.6. The number of nitrogens with one attached hydrogen (secondary N) is 2. The molecule has 2 aromatic carbocycles. The van der Waals surface area contributed by atoms with Gasteiger partial charge in [-0.05, 0) is 68.3 Å². The number of methoxy groups -OCH3 is 1. The summed E-state index contributed by atoms with van der Waals surface area (Å²) in [7, 11) is 1.50. The number of halogens is 2. The quantitative estimate of drug-likeness (QED) is 0.323. The number of nitrogens with zero attached hydrogens (tertiary/aromatic N) is 5. The average Bonchev–Trinajstić information content (AvgIpc) is 3.61. The fourth-order valence-corrected chi connectivity index (χ4v) is 6.24. The molecule has 4 atom stereocenters. The van der Waals surface area contributed by atoms with E-state index < -0.39 is 12.0 Å². The summed E-state index contributed by atoms with van der Waals surface area (Å²) >= 11 is 0. The van der Waals surface area contributed by atoms with Gasteiger partial charge in [0, 0.05) is 49.7 Å². The summed E-state index contributed by atoms with van der Waals surface area (Å²) in [5.41, 5.74) is 0.777. The lowest BCUT2D eigenvalue weighted by Crippen LogP contribution is -2.55. The van der Waals surface area contributed by atoms with Crippen LogP contribution in [-0.4, -0.2) is 82.5 Å². The van der Waals surface area contributed by atoms with E-state index in [4.69, 9.17) is 11.2 Å². The first-order chi connectivity index (χ1) is 21.3. The number of phenols is 1. The smallest absolute Gasteiger partial charge is 0.322 e. The van der Waals surface area contributed by atoms with Crippen molar-refractivity contribution in [1.82, 2.24) is 25.2 Å². The molecular weight excluding hydrogens is 564 g/mol. The van der Waals surface area contributed by atoms with Crippen molar-refractivity contribution >= 4 is 22.7 Å². The van der Waals surface area contributed by atoms with E-state index in [-0.39, 0.29) is 23.9 Å². The number of aromatic hydroxyl groups is 1. The van der Waals surface area contributed by atoms with E-state index in [2.05, 4.69) is 55.2 Å². The first-order valence-corrected chi connectivity index (χ1v) is 15.6. The highest BCUT2D eigenvalue weighted by Crippen LogP contribution is 2.30. The van der Waals surface area contributed by atoms with Gasteiger partial charge in [-0.2, -0.15) is 15.0 Å². The predicted octanol–water partition coefficient (Wildman–Crippen LogP) is 5.27. The van der Waals surface area contributed by atoms with Crippen LogP contribution in [0.1, 0.15) is 64.5 Å². The molecule has 3 fully saturated rings. The lowest BCUT2D eigenvalue weighted by Gasteiger charge is -2.37. The van der Waals surface area contributed by atoms with Gasteiger partial charge in [0.2, 0.25) is 11.9 Å². The molecular formula is C33H45F2N7O2. The number of aromatic nitrogens is 3. The third-order valence-electron chi connectivity index (χ3n) is 8.19. The molecule has 3 N–H and O–H groups in total. The van der Waals surface area contributed by atoms with Crippen LogP contribution in [0.15, 0.2) is 24.3 Å². The molecule has 4 unspecified atom stereocenters. The Hall–Kier alpha value is -3.75. The Bertz CT molecular complexity index is 1440. The topological polar surface area (TPSA) is 98.7 Å². The van der Waals surface area contributed by atoms with E-state index in [0.29, 0.717) is 52.9 Å². The fourth-order valence-electron chi connectivity index (χ4n) is 6.24. The van der Waals surface area contributed by atoms with E-state index in [0.717, 1.165) is 32.5 Å². The zero-order valence-electron chi connectivity index (χ0n) is 26.4. The van der Waals surface area contributed by atoms with Gasteiger partial charge >= 0.3 is 6.01 Å². The molecule has 3 aliphatic rings. The number of alkyl halides is 1. The van der Waals surface area contributed by atoms with Crippen molar-refractivity contribution in [2.24, 2.45) is 0 Å². The molecule has 6 rings (SSSR count). The SMILES string of the molecule is C#Cc1c(F)ccc2cc(O)cc(CNc3nc(OC)nc(N4CC(C)NC(CC)C4)n3)c12.CC.FC1CC2CCCN2C1. The molecule has 44 heavy (non-hydrogen) atoms. The highest BCUT2D eigenvalue weighted by atomic mass is 19.1. The summed E-state index contributed by atoms with van der Waals surface area (Å²) in [6.45, 7) is 11.9. The maximum Gasteiger partial charge on any atom is 0.322 e. The molecule has 3 saturated heterocycles. The van der Waals surface area contributed by atoms with Crippen LogP contribution in [0.25, 0.3) is 10.8 Å². The van der Waals surface area contributed by atoms with Crippen LogP contribution in [0.3, 0.4) is 0 Å². The molecule has 11 heteroatoms. The zero-order valence-corrected chi connectivity index (χ0v) is 26.4. The summed E-state index contributed by atoms with van der Waals surface area (Å²) in [4.78, 5) is 17.7. The number of piperazine rings is 1. The minimum absolute atomic E-state index is 0.0585. The van der Waals surface area contributed by atoms with Gasteiger partial charge in [0.15, 0.2) is 0 Å². The lowest BCUT2D eigenvalue weighted by molar-refractivity contribution is 0.292. The fraction of sp³-hybridized carbons (Fsp3) is 0.545. The molecule has 0 bridgehead atoms. The van der Waals surface area contributed by atoms with Crippen molar-refractivity contribution in [2.75, 3.05) is 43.5 Å². The molecule has 0 radical (unpaired) electrons. The van der Waals surface area contributed by atoms with E-state index in [1.54, 1.807) is 18.2 Å². The third-order valence-corrected chi connectivity index (χ3v) is 8.19. The minimum Gasteiger partial charge on any atom is -0.508 e. The van der Waals surface area contributed by atoms with Gasteiger partial charge in [-0.3, -0.25) is 4.90 Å². The van der Waals surface area contributed by atoms with Crippen LogP contribution in [-0.2, 0) is 6.54 Å². The van der Waals surface area contributed by atoms with Crippen molar-refractivity contribution in [3.63, 3.8) is 0 Å². The molecule has 0 saturated carbocycles. The summed E-state index contributed by atoms with van der Waals surface area (Å²) in [6.07, 6.45) is 9.38. The molecule has 3 aromatic rings. The van der Waals surface area contributed by atoms with Crippen molar-refractivity contribution in [3.8, 4) is 24.1 Å². The van der Waals surface area contributed by atoms with Crippen LogP contribution < -0.4 is 20.3 Å². The Balaban J connectivity index is 0.000000337. The van der Waals surface area contributed by atoms with Crippen LogP contribution in [0, 0.1) is 18.2 Å². The number of terminal acetylenes is 1. The second-order valence-corrected chi connectivity index (χ2v) is 11.3. The maximum atomic E-state index is 14.3. The number of hydrogen-bond acceptors (Lipinski definition) is 9. The second kappa shape index (κ2) is 15.3. The molecule has 238 valence electrons. The van der Waals surface area contributed by atoms with Crippen LogP contribution >= 0.6 is 0 Å². The number of benzene rings is 2. The largest absolute Gasteiger partial charge is 0.508 e. The Morgan fingerprint density at radius 1 is 1.18 bits per heavy atom. The molecule has 0 amide bonds. The Labute approximate surface area is 259 Å². The number of hydrogen-bond donors (Lipinski definition) is 3. The van der Waals surface area contributed by atoms with Gasteiger partial charge in [-0.1, -0.05) is 32.8 Å². The average molecular weight is 610 g/mol. The van der Waals surface area contributed by atoms with Crippen molar-refractivity contribution in [1.29, 1.82) is 0 Å². The summed E-state index contributed by atoms with van der Waals surface area (Å²) in [6, 6.07) is 7.43. The number of anilines is 2. The monoisotopic (exact) mass is 609 g/mol. The predicted molar refractivity (Wildman–Crippen MR) is 172 cm³/mol. The molecule has 3 aliphatic heterocycles. The van der Waals surface area contributed by atoms with Crippen molar-refractivity contribution < 1.29 is 18.6 Å². The van der Waals surface area contributed by atoms with Gasteiger partial charge in [-0.15, -0.1) is 6.42 Å². The first kappa shape index (κ1) is 33.1. The third kappa shape index (κ3) is 7.85. The van der Waals surface area contributed by atoms with E-state index in [1.807, 2.05) is 13.8 Å². The second-order valence-electron chi connectivity index (χ2n) is 11.3. The number of ether oxygens (including phenoxy) is 1. The normalized spacial score (nSPS) is 22.7. The Morgan fingerprint density at radius 2 is 1.98 bits per heavy atom. The van der Waals surface area contributed by atoms with E-state index >= 15 is 0 Å². The lowest BCUT2D eigenvalue weighted by atomic mass is 9.98. The van der Waals surface area contributed by atoms with Crippen molar-refractivity contribution in [2.45, 2.75) is 84.2 Å². The standard InChI is InChI=1S/C24H27FN6O2.C7H12FN.C2H6/c1-5-17-13-31(12-14(3)27-17)23-28-22(29-24(30-23)33-4)26-11-16-10-18(32)9-15-7-8-20(25)19(6-2)21(15)16;8-6-4-7-2-1-3-9(7)5-6;1-2/h2,7-10,14,17,27,32H,5,11-13H2,1,3-4H3,(H,26,28,29,30);6-7H,1-5H2;1-2H3. The minimum atomic E-state index is -0.518. The molecule has 4 heterocycles. The Morgan fingerprint density at radius 3 is 2.68 bits per heavy atom. The molecule has 9 nitrogen and oxygen atoms in total. The molecule has 0 spiro atoms. The Kier molecular flexibility index (Phi) is 11.5. The number of rotatable bonds is 6. The highest BCUT2D eigenvalue weighted by Gasteiger charge is 2.34. The molecule has 1 aromatic heterocycles. The maximum absolute atomic E-state index is 14.3. The van der Waals surface area contributed by atoms with Gasteiger partial charge in [0.05, 0.1) is 12.7 Å². The molecule has 0 aliphatic carbocycles. The highest BCUT2D eigenvalue weighted by molar-refractivity contribution is 5.92. The van der Waals surface area contributed by atoms with Gasteiger partial charge < -0.3 is 25.4 Å². The van der Waals surface area contributed by atoms with Crippen LogP contribution in [0.5, 0.6) is 11.8 Å². The van der Waals surface area contributed by atoms with Gasteiger partial charge in [0.25, 0.3) is 0 Å². The van der Waals surface area contributed by atoms with Gasteiger partial charge in [-0.25, -0.2) is 8.78 Å². The number of phenolic OH excluding ortho intramolecular Hbond substituents is 1. The van der Waals surface area contributed by atoms with Gasteiger partial charge in [0.1, 0.15) is 17.7 Å². The summed E-state index contributed by atoms with van der Waals surface area (Å²) in [5, 5.41) is 18.1. The van der Waals surface area contributed by atoms with E-state index in [9.17, 15) is 13.9 Å². The summed E-state index contributed by atoms with van der Waals surface area (Å²) < 4.78 is 32.2. The van der Waals surface area contributed by atoms with Crippen LogP contribution in [0.2, 0.25) is 0 Å². The summed E-state index contributed by atoms with van der Waals surface area (Å²) in [5.74, 6) is 2.83. The van der Waals surface area contributed by atoms with Crippen molar-refractivity contribution in [3.05, 3.63) is 41.2 Å².